The van der Waals surface area contributed by atoms with Crippen LogP contribution in [0.1, 0.15) is 37.0 Å². The molecule has 1 fully saturated rings. The van der Waals surface area contributed by atoms with Crippen LogP contribution in [0.3, 0.4) is 0 Å². The van der Waals surface area contributed by atoms with Gasteiger partial charge in [0.05, 0.1) is 0 Å². The maximum absolute atomic E-state index is 12.9. The molecular weight excluding hydrogens is 290 g/mol. The van der Waals surface area contributed by atoms with Crippen LogP contribution in [-0.2, 0) is 4.79 Å². The first-order chi connectivity index (χ1) is 11.1. The number of amides is 2. The summed E-state index contributed by atoms with van der Waals surface area (Å²) in [6.45, 7) is 7.26. The molecule has 1 aliphatic heterocycles. The second-order valence-electron chi connectivity index (χ2n) is 6.13. The minimum Gasteiger partial charge on any atom is -0.340 e. The van der Waals surface area contributed by atoms with Gasteiger partial charge in [-0.05, 0) is 31.0 Å². The molecule has 1 saturated heterocycles. The van der Waals surface area contributed by atoms with Gasteiger partial charge in [0.15, 0.2) is 0 Å². The molecule has 0 radical (unpaired) electrons. The predicted molar refractivity (Wildman–Crippen MR) is 91.2 cm³/mol. The van der Waals surface area contributed by atoms with Gasteiger partial charge in [-0.15, -0.1) is 0 Å². The molecule has 0 aliphatic carbocycles. The first-order valence-electron chi connectivity index (χ1n) is 8.49. The second kappa shape index (κ2) is 8.67. The van der Waals surface area contributed by atoms with Crippen molar-refractivity contribution in [3.63, 3.8) is 0 Å². The number of nitrogens with one attached hydrogen (secondary N) is 2. The summed E-state index contributed by atoms with van der Waals surface area (Å²) in [5, 5.41) is 6.25. The molecule has 23 heavy (non-hydrogen) atoms. The van der Waals surface area contributed by atoms with E-state index in [0.29, 0.717) is 12.1 Å². The number of hydrogen-bond acceptors (Lipinski definition) is 3. The van der Waals surface area contributed by atoms with Crippen LogP contribution in [0, 0.1) is 5.92 Å². The van der Waals surface area contributed by atoms with Crippen LogP contribution in [0.15, 0.2) is 30.3 Å². The number of hydrogen-bond donors (Lipinski definition) is 2. The first-order valence-corrected chi connectivity index (χ1v) is 8.49. The van der Waals surface area contributed by atoms with Crippen molar-refractivity contribution >= 4 is 11.8 Å². The third kappa shape index (κ3) is 4.79. The van der Waals surface area contributed by atoms with Gasteiger partial charge in [-0.3, -0.25) is 9.59 Å². The molecular formula is C18H27N3O2. The van der Waals surface area contributed by atoms with Gasteiger partial charge >= 0.3 is 0 Å². The number of carbonyl (C=O) groups excluding carboxylic acids is 2. The summed E-state index contributed by atoms with van der Waals surface area (Å²) < 4.78 is 0. The molecule has 0 spiro atoms. The highest BCUT2D eigenvalue weighted by Crippen LogP contribution is 2.13. The summed E-state index contributed by atoms with van der Waals surface area (Å²) in [5.41, 5.74) is 0.589. The van der Waals surface area contributed by atoms with Crippen molar-refractivity contribution in [1.29, 1.82) is 0 Å². The lowest BCUT2D eigenvalue weighted by Crippen LogP contribution is -2.52. The van der Waals surface area contributed by atoms with Gasteiger partial charge in [-0.2, -0.15) is 0 Å². The maximum Gasteiger partial charge on any atom is 0.251 e. The van der Waals surface area contributed by atoms with Gasteiger partial charge in [0.25, 0.3) is 5.91 Å². The Labute approximate surface area is 138 Å². The van der Waals surface area contributed by atoms with E-state index in [1.165, 1.54) is 0 Å². The average molecular weight is 317 g/mol. The summed E-state index contributed by atoms with van der Waals surface area (Å²) in [4.78, 5) is 27.2. The molecule has 2 N–H and O–H groups in total. The Morgan fingerprint density at radius 3 is 2.65 bits per heavy atom. The lowest BCUT2D eigenvalue weighted by molar-refractivity contribution is -0.134. The molecule has 1 aromatic rings. The van der Waals surface area contributed by atoms with E-state index in [0.717, 1.165) is 32.5 Å². The van der Waals surface area contributed by atoms with Crippen LogP contribution >= 0.6 is 0 Å². The molecule has 0 bridgehead atoms. The monoisotopic (exact) mass is 317 g/mol. The van der Waals surface area contributed by atoms with Crippen LogP contribution in [0.4, 0.5) is 0 Å². The second-order valence-corrected chi connectivity index (χ2v) is 6.13. The summed E-state index contributed by atoms with van der Waals surface area (Å²) in [5.74, 6) is -0.0455. The minimum absolute atomic E-state index is 0.0346. The Morgan fingerprint density at radius 1 is 1.22 bits per heavy atom. The summed E-state index contributed by atoms with van der Waals surface area (Å²) >= 11 is 0. The van der Waals surface area contributed by atoms with Crippen molar-refractivity contribution in [2.75, 3.05) is 26.2 Å². The van der Waals surface area contributed by atoms with Crippen LogP contribution in [0.25, 0.3) is 0 Å². The van der Waals surface area contributed by atoms with E-state index in [-0.39, 0.29) is 17.7 Å². The molecule has 5 nitrogen and oxygen atoms in total. The van der Waals surface area contributed by atoms with Crippen LogP contribution < -0.4 is 10.6 Å². The smallest absolute Gasteiger partial charge is 0.251 e. The summed E-state index contributed by atoms with van der Waals surface area (Å²) in [7, 11) is 0. The number of rotatable bonds is 5. The molecule has 0 aromatic heterocycles. The Kier molecular flexibility index (Phi) is 6.59. The molecule has 5 heteroatoms. The fourth-order valence-electron chi connectivity index (χ4n) is 2.76. The molecule has 2 unspecified atom stereocenters. The normalized spacial score (nSPS) is 17.9. The Hall–Kier alpha value is -1.88. The highest BCUT2D eigenvalue weighted by molar-refractivity contribution is 5.97. The van der Waals surface area contributed by atoms with E-state index < -0.39 is 6.04 Å². The van der Waals surface area contributed by atoms with E-state index in [4.69, 9.17) is 0 Å². The summed E-state index contributed by atoms with van der Waals surface area (Å²) in [6, 6.07) is 8.60. The zero-order chi connectivity index (χ0) is 16.7. The fourth-order valence-corrected chi connectivity index (χ4v) is 2.76. The van der Waals surface area contributed by atoms with Crippen molar-refractivity contribution in [2.45, 2.75) is 32.7 Å². The summed E-state index contributed by atoms with van der Waals surface area (Å²) in [6.07, 6.45) is 1.79. The van der Waals surface area contributed by atoms with Gasteiger partial charge in [0, 0.05) is 25.2 Å². The Balaban J connectivity index is 2.09. The SMILES string of the molecule is CCC(C)C(NC(=O)c1ccccc1)C(=O)N1CCCNCC1. The van der Waals surface area contributed by atoms with Crippen LogP contribution in [-0.4, -0.2) is 48.9 Å². The molecule has 0 saturated carbocycles. The molecule has 2 atom stereocenters. The lowest BCUT2D eigenvalue weighted by Gasteiger charge is -2.29. The molecule has 2 amide bonds. The van der Waals surface area contributed by atoms with Gasteiger partial charge < -0.3 is 15.5 Å². The predicted octanol–water partition coefficient (Wildman–Crippen LogP) is 1.65. The molecule has 1 heterocycles. The largest absolute Gasteiger partial charge is 0.340 e. The molecule has 2 rings (SSSR count). The Morgan fingerprint density at radius 2 is 1.96 bits per heavy atom. The third-order valence-corrected chi connectivity index (χ3v) is 4.45. The van der Waals surface area contributed by atoms with Crippen LogP contribution in [0.2, 0.25) is 0 Å². The number of carbonyl (C=O) groups is 2. The minimum atomic E-state index is -0.467. The van der Waals surface area contributed by atoms with E-state index in [2.05, 4.69) is 10.6 Å². The van der Waals surface area contributed by atoms with E-state index in [1.807, 2.05) is 36.9 Å². The van der Waals surface area contributed by atoms with Crippen molar-refractivity contribution < 1.29 is 9.59 Å². The zero-order valence-corrected chi connectivity index (χ0v) is 14.0. The van der Waals surface area contributed by atoms with E-state index in [1.54, 1.807) is 12.1 Å². The maximum atomic E-state index is 12.9. The van der Waals surface area contributed by atoms with Gasteiger partial charge in [0.2, 0.25) is 5.91 Å². The van der Waals surface area contributed by atoms with Crippen molar-refractivity contribution in [3.05, 3.63) is 35.9 Å². The molecule has 1 aliphatic rings. The Bertz CT molecular complexity index is 510. The first kappa shape index (κ1) is 17.5. The quantitative estimate of drug-likeness (QED) is 0.868. The van der Waals surface area contributed by atoms with Crippen molar-refractivity contribution in [2.24, 2.45) is 5.92 Å². The number of benzene rings is 1. The van der Waals surface area contributed by atoms with Crippen LogP contribution in [0.5, 0.6) is 0 Å². The zero-order valence-electron chi connectivity index (χ0n) is 14.0. The third-order valence-electron chi connectivity index (χ3n) is 4.45. The topological polar surface area (TPSA) is 61.4 Å². The van der Waals surface area contributed by atoms with Crippen molar-refractivity contribution in [3.8, 4) is 0 Å². The lowest BCUT2D eigenvalue weighted by atomic mass is 9.97. The van der Waals surface area contributed by atoms with E-state index >= 15 is 0 Å². The number of nitrogens with zero attached hydrogens (tertiary/aromatic N) is 1. The molecule has 126 valence electrons. The van der Waals surface area contributed by atoms with Gasteiger partial charge in [-0.25, -0.2) is 0 Å². The van der Waals surface area contributed by atoms with E-state index in [9.17, 15) is 9.59 Å². The van der Waals surface area contributed by atoms with Gasteiger partial charge in [0.1, 0.15) is 6.04 Å². The highest BCUT2D eigenvalue weighted by Gasteiger charge is 2.30. The molecule has 1 aromatic carbocycles. The fraction of sp³-hybridized carbons (Fsp3) is 0.556. The standard InChI is InChI=1S/C18H27N3O2/c1-3-14(2)16(18(23)21-12-7-10-19-11-13-21)20-17(22)15-8-5-4-6-9-15/h4-6,8-9,14,16,19H,3,7,10-13H2,1-2H3,(H,20,22). The van der Waals surface area contributed by atoms with Gasteiger partial charge in [-0.1, -0.05) is 38.5 Å². The average Bonchev–Trinajstić information content (AvgIpc) is 2.88. The highest BCUT2D eigenvalue weighted by atomic mass is 16.2. The van der Waals surface area contributed by atoms with Crippen molar-refractivity contribution in [1.82, 2.24) is 15.5 Å².